The standard InChI is InChI=1S/C17H21FN4O.ClH/c1-11(2)16-15(17(23)20-9-12-7-19-8-12)10-21-22(16)14-5-3-13(18)4-6-14;/h3-6,10-12,19H,7-9H2,1-2H3,(H,20,23);1H. The van der Waals surface area contributed by atoms with Crippen molar-refractivity contribution in [1.29, 1.82) is 0 Å². The van der Waals surface area contributed by atoms with Gasteiger partial charge in [-0.25, -0.2) is 9.07 Å². The summed E-state index contributed by atoms with van der Waals surface area (Å²) in [7, 11) is 0. The molecule has 3 rings (SSSR count). The van der Waals surface area contributed by atoms with Crippen molar-refractivity contribution < 1.29 is 9.18 Å². The normalized spacial score (nSPS) is 14.2. The fourth-order valence-electron chi connectivity index (χ4n) is 2.70. The Morgan fingerprint density at radius 2 is 2.04 bits per heavy atom. The van der Waals surface area contributed by atoms with Crippen LogP contribution in [0.5, 0.6) is 0 Å². The van der Waals surface area contributed by atoms with Crippen LogP contribution in [-0.4, -0.2) is 35.3 Å². The summed E-state index contributed by atoms with van der Waals surface area (Å²) in [5, 5.41) is 10.5. The van der Waals surface area contributed by atoms with Crippen molar-refractivity contribution in [2.75, 3.05) is 19.6 Å². The van der Waals surface area contributed by atoms with Crippen LogP contribution < -0.4 is 10.6 Å². The molecule has 2 N–H and O–H groups in total. The van der Waals surface area contributed by atoms with Crippen molar-refractivity contribution in [2.45, 2.75) is 19.8 Å². The van der Waals surface area contributed by atoms with Crippen molar-refractivity contribution in [3.8, 4) is 5.69 Å². The Morgan fingerprint density at radius 3 is 2.58 bits per heavy atom. The lowest BCUT2D eigenvalue weighted by Gasteiger charge is -2.27. The van der Waals surface area contributed by atoms with Crippen LogP contribution in [-0.2, 0) is 0 Å². The zero-order chi connectivity index (χ0) is 16.4. The number of carbonyl (C=O) groups excluding carboxylic acids is 1. The first-order valence-corrected chi connectivity index (χ1v) is 7.89. The number of halogens is 2. The highest BCUT2D eigenvalue weighted by Crippen LogP contribution is 2.23. The van der Waals surface area contributed by atoms with E-state index in [1.54, 1.807) is 23.0 Å². The molecule has 1 amide bonds. The van der Waals surface area contributed by atoms with E-state index in [1.165, 1.54) is 12.1 Å². The fourth-order valence-corrected chi connectivity index (χ4v) is 2.70. The minimum Gasteiger partial charge on any atom is -0.352 e. The zero-order valence-corrected chi connectivity index (χ0v) is 14.6. The van der Waals surface area contributed by atoms with Gasteiger partial charge in [0.2, 0.25) is 0 Å². The molecule has 0 bridgehead atoms. The number of rotatable bonds is 5. The Morgan fingerprint density at radius 1 is 1.38 bits per heavy atom. The lowest BCUT2D eigenvalue weighted by atomic mass is 10.0. The monoisotopic (exact) mass is 352 g/mol. The molecule has 7 heteroatoms. The van der Waals surface area contributed by atoms with Crippen LogP contribution in [0.3, 0.4) is 0 Å². The largest absolute Gasteiger partial charge is 0.352 e. The fraction of sp³-hybridized carbons (Fsp3) is 0.412. The Balaban J connectivity index is 0.00000208. The van der Waals surface area contributed by atoms with E-state index in [0.717, 1.165) is 24.5 Å². The third-order valence-corrected chi connectivity index (χ3v) is 4.09. The van der Waals surface area contributed by atoms with Crippen molar-refractivity contribution in [2.24, 2.45) is 5.92 Å². The maximum absolute atomic E-state index is 13.1. The van der Waals surface area contributed by atoms with E-state index in [9.17, 15) is 9.18 Å². The molecule has 0 spiro atoms. The highest BCUT2D eigenvalue weighted by molar-refractivity contribution is 5.95. The lowest BCUT2D eigenvalue weighted by molar-refractivity contribution is 0.0941. The number of amides is 1. The summed E-state index contributed by atoms with van der Waals surface area (Å²) >= 11 is 0. The van der Waals surface area contributed by atoms with Crippen LogP contribution in [0.4, 0.5) is 4.39 Å². The molecule has 0 unspecified atom stereocenters. The van der Waals surface area contributed by atoms with Gasteiger partial charge in [-0.15, -0.1) is 12.4 Å². The molecular weight excluding hydrogens is 331 g/mol. The van der Waals surface area contributed by atoms with Crippen LogP contribution in [0.1, 0.15) is 35.8 Å². The Labute approximate surface area is 147 Å². The second-order valence-electron chi connectivity index (χ2n) is 6.22. The predicted octanol–water partition coefficient (Wildman–Crippen LogP) is 2.51. The molecule has 24 heavy (non-hydrogen) atoms. The number of aromatic nitrogens is 2. The van der Waals surface area contributed by atoms with Crippen molar-refractivity contribution in [3.63, 3.8) is 0 Å². The highest BCUT2D eigenvalue weighted by Gasteiger charge is 2.23. The molecule has 1 aromatic carbocycles. The quantitative estimate of drug-likeness (QED) is 0.869. The van der Waals surface area contributed by atoms with Gasteiger partial charge in [0.15, 0.2) is 0 Å². The van der Waals surface area contributed by atoms with E-state index in [4.69, 9.17) is 0 Å². The highest BCUT2D eigenvalue weighted by atomic mass is 35.5. The Kier molecular flexibility index (Phi) is 5.96. The maximum Gasteiger partial charge on any atom is 0.254 e. The Hall–Kier alpha value is -1.92. The Bertz CT molecular complexity index is 695. The third-order valence-electron chi connectivity index (χ3n) is 4.09. The summed E-state index contributed by atoms with van der Waals surface area (Å²) in [6, 6.07) is 6.11. The molecule has 130 valence electrons. The van der Waals surface area contributed by atoms with Gasteiger partial charge in [-0.05, 0) is 30.2 Å². The minimum atomic E-state index is -0.293. The molecule has 1 aliphatic rings. The number of hydrogen-bond donors (Lipinski definition) is 2. The topological polar surface area (TPSA) is 59.0 Å². The molecule has 0 aliphatic carbocycles. The maximum atomic E-state index is 13.1. The molecular formula is C17H22ClFN4O. The number of hydrogen-bond acceptors (Lipinski definition) is 3. The minimum absolute atomic E-state index is 0. The third kappa shape index (κ3) is 3.76. The van der Waals surface area contributed by atoms with E-state index in [1.807, 2.05) is 13.8 Å². The van der Waals surface area contributed by atoms with Gasteiger partial charge < -0.3 is 10.6 Å². The van der Waals surface area contributed by atoms with Gasteiger partial charge in [0, 0.05) is 25.6 Å². The summed E-state index contributed by atoms with van der Waals surface area (Å²) < 4.78 is 14.8. The second kappa shape index (κ2) is 7.77. The van der Waals surface area contributed by atoms with E-state index < -0.39 is 0 Å². The van der Waals surface area contributed by atoms with Gasteiger partial charge in [-0.3, -0.25) is 4.79 Å². The lowest BCUT2D eigenvalue weighted by Crippen LogP contribution is -2.48. The summed E-state index contributed by atoms with van der Waals surface area (Å²) in [6.45, 7) is 6.61. The number of nitrogens with zero attached hydrogens (tertiary/aromatic N) is 2. The average Bonchev–Trinajstić information content (AvgIpc) is 2.91. The summed E-state index contributed by atoms with van der Waals surface area (Å²) in [6.07, 6.45) is 1.59. The summed E-state index contributed by atoms with van der Waals surface area (Å²) in [5.74, 6) is 0.232. The molecule has 5 nitrogen and oxygen atoms in total. The first-order chi connectivity index (χ1) is 11.1. The SMILES string of the molecule is CC(C)c1c(C(=O)NCC2CNC2)cnn1-c1ccc(F)cc1.Cl. The first kappa shape index (κ1) is 18.4. The molecule has 1 saturated heterocycles. The van der Waals surface area contributed by atoms with Crippen LogP contribution >= 0.6 is 12.4 Å². The number of carbonyl (C=O) groups is 1. The zero-order valence-electron chi connectivity index (χ0n) is 13.8. The molecule has 2 aromatic rings. The first-order valence-electron chi connectivity index (χ1n) is 7.89. The van der Waals surface area contributed by atoms with Gasteiger partial charge in [-0.1, -0.05) is 13.8 Å². The smallest absolute Gasteiger partial charge is 0.254 e. The van der Waals surface area contributed by atoms with Crippen LogP contribution in [0.25, 0.3) is 5.69 Å². The molecule has 2 heterocycles. The van der Waals surface area contributed by atoms with Crippen LogP contribution in [0.15, 0.2) is 30.5 Å². The van der Waals surface area contributed by atoms with E-state index in [2.05, 4.69) is 15.7 Å². The number of nitrogens with one attached hydrogen (secondary N) is 2. The van der Waals surface area contributed by atoms with Gasteiger partial charge in [0.25, 0.3) is 5.91 Å². The van der Waals surface area contributed by atoms with Gasteiger partial charge in [0.1, 0.15) is 5.82 Å². The van der Waals surface area contributed by atoms with Crippen molar-refractivity contribution >= 4 is 18.3 Å². The van der Waals surface area contributed by atoms with Gasteiger partial charge in [-0.2, -0.15) is 5.10 Å². The van der Waals surface area contributed by atoms with Gasteiger partial charge in [0.05, 0.1) is 23.1 Å². The second-order valence-corrected chi connectivity index (χ2v) is 6.22. The van der Waals surface area contributed by atoms with Crippen LogP contribution in [0, 0.1) is 11.7 Å². The average molecular weight is 353 g/mol. The van der Waals surface area contributed by atoms with E-state index in [-0.39, 0.29) is 30.0 Å². The molecule has 1 fully saturated rings. The molecule has 0 saturated carbocycles. The van der Waals surface area contributed by atoms with Crippen LogP contribution in [0.2, 0.25) is 0 Å². The summed E-state index contributed by atoms with van der Waals surface area (Å²) in [4.78, 5) is 12.5. The van der Waals surface area contributed by atoms with Crippen molar-refractivity contribution in [3.05, 3.63) is 47.5 Å². The molecule has 0 radical (unpaired) electrons. The number of benzene rings is 1. The predicted molar refractivity (Wildman–Crippen MR) is 93.6 cm³/mol. The van der Waals surface area contributed by atoms with Crippen molar-refractivity contribution in [1.82, 2.24) is 20.4 Å². The molecule has 1 aromatic heterocycles. The van der Waals surface area contributed by atoms with E-state index in [0.29, 0.717) is 18.0 Å². The molecule has 0 atom stereocenters. The van der Waals surface area contributed by atoms with Gasteiger partial charge >= 0.3 is 0 Å². The van der Waals surface area contributed by atoms with E-state index >= 15 is 0 Å². The molecule has 1 aliphatic heterocycles. The summed E-state index contributed by atoms with van der Waals surface area (Å²) in [5.41, 5.74) is 2.16.